The van der Waals surface area contributed by atoms with E-state index in [1.807, 2.05) is 0 Å². The topological polar surface area (TPSA) is 66.0 Å². The summed E-state index contributed by atoms with van der Waals surface area (Å²) >= 11 is 0. The Hall–Kier alpha value is -1.30. The zero-order valence-electron chi connectivity index (χ0n) is 16.1. The molecule has 0 aromatic rings. The van der Waals surface area contributed by atoms with E-state index in [1.54, 1.807) is 19.0 Å². The number of hydrogen-bond donors (Lipinski definition) is 2. The van der Waals surface area contributed by atoms with Crippen LogP contribution in [-0.4, -0.2) is 63.7 Å². The molecule has 2 aliphatic rings. The Kier molecular flexibility index (Phi) is 9.08. The average Bonchev–Trinajstić information content (AvgIpc) is 3.29. The third-order valence-electron chi connectivity index (χ3n) is 5.26. The minimum absolute atomic E-state index is 0.0199. The zero-order chi connectivity index (χ0) is 17.9. The van der Waals surface area contributed by atoms with Gasteiger partial charge in [-0.3, -0.25) is 4.79 Å². The molecular weight excluding hydrogens is 316 g/mol. The molecule has 0 aromatic carbocycles. The molecule has 0 bridgehead atoms. The summed E-state index contributed by atoms with van der Waals surface area (Å²) in [5, 5.41) is 6.77. The molecule has 2 N–H and O–H groups in total. The van der Waals surface area contributed by atoms with Gasteiger partial charge in [0.1, 0.15) is 6.54 Å². The Balaban J connectivity index is 1.68. The van der Waals surface area contributed by atoms with Gasteiger partial charge in [-0.05, 0) is 18.8 Å². The number of amides is 1. The SMILES string of the molecule is CN(C)C(=O)CN=C(NCCCCC1CCCC1)NCC1CCOC1. The quantitative estimate of drug-likeness (QED) is 0.378. The van der Waals surface area contributed by atoms with Gasteiger partial charge in [-0.2, -0.15) is 0 Å². The Bertz CT molecular complexity index is 414. The van der Waals surface area contributed by atoms with Gasteiger partial charge in [0.25, 0.3) is 0 Å². The van der Waals surface area contributed by atoms with Crippen molar-refractivity contribution in [3.05, 3.63) is 0 Å². The molecule has 0 spiro atoms. The Morgan fingerprint density at radius 1 is 1.12 bits per heavy atom. The van der Waals surface area contributed by atoms with Crippen LogP contribution in [0.4, 0.5) is 0 Å². The van der Waals surface area contributed by atoms with Crippen molar-refractivity contribution in [2.75, 3.05) is 46.9 Å². The monoisotopic (exact) mass is 352 g/mol. The lowest BCUT2D eigenvalue weighted by Crippen LogP contribution is -2.41. The third kappa shape index (κ3) is 8.08. The first-order chi connectivity index (χ1) is 12.1. The maximum absolute atomic E-state index is 11.8. The van der Waals surface area contributed by atoms with Crippen molar-refractivity contribution in [3.63, 3.8) is 0 Å². The second-order valence-corrected chi connectivity index (χ2v) is 7.64. The fraction of sp³-hybridized carbons (Fsp3) is 0.895. The van der Waals surface area contributed by atoms with Crippen LogP contribution in [0.2, 0.25) is 0 Å². The summed E-state index contributed by atoms with van der Waals surface area (Å²) in [6.45, 7) is 3.62. The van der Waals surface area contributed by atoms with Crippen LogP contribution in [0.1, 0.15) is 51.4 Å². The zero-order valence-corrected chi connectivity index (χ0v) is 16.1. The number of aliphatic imine (C=N–C) groups is 1. The van der Waals surface area contributed by atoms with Gasteiger partial charge in [0.15, 0.2) is 5.96 Å². The second kappa shape index (κ2) is 11.3. The van der Waals surface area contributed by atoms with Gasteiger partial charge in [-0.25, -0.2) is 4.99 Å². The van der Waals surface area contributed by atoms with Crippen LogP contribution in [0.25, 0.3) is 0 Å². The van der Waals surface area contributed by atoms with Crippen LogP contribution in [0, 0.1) is 11.8 Å². The predicted molar refractivity (Wildman–Crippen MR) is 102 cm³/mol. The number of nitrogens with one attached hydrogen (secondary N) is 2. The number of hydrogen-bond acceptors (Lipinski definition) is 3. The molecule has 0 aromatic heterocycles. The van der Waals surface area contributed by atoms with Crippen LogP contribution in [0.15, 0.2) is 4.99 Å². The lowest BCUT2D eigenvalue weighted by molar-refractivity contribution is -0.127. The van der Waals surface area contributed by atoms with Crippen LogP contribution in [0.5, 0.6) is 0 Å². The summed E-state index contributed by atoms with van der Waals surface area (Å²) < 4.78 is 5.42. The van der Waals surface area contributed by atoms with Gasteiger partial charge in [-0.1, -0.05) is 38.5 Å². The minimum Gasteiger partial charge on any atom is -0.381 e. The molecule has 0 radical (unpaired) electrons. The normalized spacial score (nSPS) is 21.5. The van der Waals surface area contributed by atoms with E-state index >= 15 is 0 Å². The molecule has 6 heteroatoms. The van der Waals surface area contributed by atoms with Crippen molar-refractivity contribution >= 4 is 11.9 Å². The van der Waals surface area contributed by atoms with Gasteiger partial charge < -0.3 is 20.3 Å². The largest absolute Gasteiger partial charge is 0.381 e. The number of ether oxygens (including phenoxy) is 1. The molecular formula is C19H36N4O2. The average molecular weight is 353 g/mol. The van der Waals surface area contributed by atoms with Crippen LogP contribution in [0.3, 0.4) is 0 Å². The van der Waals surface area contributed by atoms with E-state index in [2.05, 4.69) is 15.6 Å². The van der Waals surface area contributed by atoms with Crippen molar-refractivity contribution in [3.8, 4) is 0 Å². The molecule has 2 fully saturated rings. The molecule has 2 rings (SSSR count). The van der Waals surface area contributed by atoms with E-state index in [1.165, 1.54) is 38.5 Å². The van der Waals surface area contributed by atoms with Crippen molar-refractivity contribution in [1.29, 1.82) is 0 Å². The summed E-state index contributed by atoms with van der Waals surface area (Å²) in [5.41, 5.74) is 0. The van der Waals surface area contributed by atoms with E-state index in [4.69, 9.17) is 4.74 Å². The molecule has 1 saturated heterocycles. The second-order valence-electron chi connectivity index (χ2n) is 7.64. The summed E-state index contributed by atoms with van der Waals surface area (Å²) in [6.07, 6.45) is 10.6. The Morgan fingerprint density at radius 3 is 2.60 bits per heavy atom. The fourth-order valence-electron chi connectivity index (χ4n) is 3.51. The van der Waals surface area contributed by atoms with Gasteiger partial charge in [0.2, 0.25) is 5.91 Å². The number of nitrogens with zero attached hydrogens (tertiary/aromatic N) is 2. The van der Waals surface area contributed by atoms with Gasteiger partial charge in [0, 0.05) is 39.7 Å². The van der Waals surface area contributed by atoms with Gasteiger partial charge >= 0.3 is 0 Å². The highest BCUT2D eigenvalue weighted by atomic mass is 16.5. The van der Waals surface area contributed by atoms with Crippen molar-refractivity contribution < 1.29 is 9.53 Å². The molecule has 1 aliphatic heterocycles. The number of unbranched alkanes of at least 4 members (excludes halogenated alkanes) is 1. The minimum atomic E-state index is 0.0199. The van der Waals surface area contributed by atoms with Gasteiger partial charge in [0.05, 0.1) is 6.61 Å². The first-order valence-corrected chi connectivity index (χ1v) is 9.95. The molecule has 1 heterocycles. The number of rotatable bonds is 9. The Labute approximate surface area is 152 Å². The summed E-state index contributed by atoms with van der Waals surface area (Å²) in [4.78, 5) is 17.8. The lowest BCUT2D eigenvalue weighted by Gasteiger charge is -2.16. The molecule has 1 saturated carbocycles. The molecule has 1 unspecified atom stereocenters. The summed E-state index contributed by atoms with van der Waals surface area (Å²) in [5.74, 6) is 2.28. The summed E-state index contributed by atoms with van der Waals surface area (Å²) in [7, 11) is 3.52. The van der Waals surface area contributed by atoms with Crippen LogP contribution in [-0.2, 0) is 9.53 Å². The van der Waals surface area contributed by atoms with Crippen molar-refractivity contribution in [2.45, 2.75) is 51.4 Å². The number of likely N-dealkylation sites (N-methyl/N-ethyl adjacent to an activating group) is 1. The third-order valence-corrected chi connectivity index (χ3v) is 5.26. The maximum atomic E-state index is 11.8. The molecule has 1 aliphatic carbocycles. The molecule has 6 nitrogen and oxygen atoms in total. The first-order valence-electron chi connectivity index (χ1n) is 9.95. The molecule has 25 heavy (non-hydrogen) atoms. The summed E-state index contributed by atoms with van der Waals surface area (Å²) in [6, 6.07) is 0. The standard InChI is InChI=1S/C19H36N4O2/c1-23(2)18(24)14-22-19(21-13-17-10-12-25-15-17)20-11-6-5-9-16-7-3-4-8-16/h16-17H,3-15H2,1-2H3,(H2,20,21,22). The highest BCUT2D eigenvalue weighted by Crippen LogP contribution is 2.28. The molecule has 1 amide bonds. The Morgan fingerprint density at radius 2 is 1.92 bits per heavy atom. The van der Waals surface area contributed by atoms with Crippen LogP contribution >= 0.6 is 0 Å². The van der Waals surface area contributed by atoms with E-state index in [0.29, 0.717) is 5.92 Å². The van der Waals surface area contributed by atoms with Gasteiger partial charge in [-0.15, -0.1) is 0 Å². The van der Waals surface area contributed by atoms with E-state index in [-0.39, 0.29) is 12.5 Å². The van der Waals surface area contributed by atoms with E-state index < -0.39 is 0 Å². The number of carbonyl (C=O) groups is 1. The lowest BCUT2D eigenvalue weighted by atomic mass is 10.0. The highest BCUT2D eigenvalue weighted by molar-refractivity contribution is 5.84. The number of guanidine groups is 1. The van der Waals surface area contributed by atoms with Crippen LogP contribution < -0.4 is 10.6 Å². The fourth-order valence-corrected chi connectivity index (χ4v) is 3.51. The number of carbonyl (C=O) groups excluding carboxylic acids is 1. The highest BCUT2D eigenvalue weighted by Gasteiger charge is 2.16. The van der Waals surface area contributed by atoms with E-state index in [9.17, 15) is 4.79 Å². The van der Waals surface area contributed by atoms with Crippen molar-refractivity contribution in [1.82, 2.24) is 15.5 Å². The predicted octanol–water partition coefficient (Wildman–Crippen LogP) is 2.01. The smallest absolute Gasteiger partial charge is 0.243 e. The van der Waals surface area contributed by atoms with E-state index in [0.717, 1.165) is 51.0 Å². The molecule has 144 valence electrons. The maximum Gasteiger partial charge on any atom is 0.243 e. The molecule has 1 atom stereocenters. The first kappa shape index (κ1) is 20.0. The van der Waals surface area contributed by atoms with Crippen molar-refractivity contribution in [2.24, 2.45) is 16.8 Å².